The van der Waals surface area contributed by atoms with Crippen molar-refractivity contribution in [2.45, 2.75) is 6.92 Å². The molecular weight excluding hydrogens is 737 g/mol. The summed E-state index contributed by atoms with van der Waals surface area (Å²) in [6.07, 6.45) is 9.05. The van der Waals surface area contributed by atoms with E-state index in [-0.39, 0.29) is 28.6 Å². The molecule has 0 saturated carbocycles. The van der Waals surface area contributed by atoms with Gasteiger partial charge in [0, 0.05) is 45.9 Å². The van der Waals surface area contributed by atoms with Crippen molar-refractivity contribution >= 4 is 62.0 Å². The normalized spacial score (nSPS) is 11.6. The van der Waals surface area contributed by atoms with E-state index in [0.29, 0.717) is 22.3 Å². The van der Waals surface area contributed by atoms with Gasteiger partial charge in [0.05, 0.1) is 33.4 Å². The summed E-state index contributed by atoms with van der Waals surface area (Å²) in [5.74, 6) is -0.728. The molecule has 9 heteroatoms. The third-order valence-corrected chi connectivity index (χ3v) is 10.5. The second-order valence-electron chi connectivity index (χ2n) is 14.1. The maximum atomic E-state index is 16.3. The van der Waals surface area contributed by atoms with Crippen molar-refractivity contribution < 1.29 is 8.78 Å². The Labute approximate surface area is 337 Å². The van der Waals surface area contributed by atoms with Crippen LogP contribution in [0.4, 0.5) is 14.5 Å². The number of rotatable bonds is 7. The van der Waals surface area contributed by atoms with Crippen molar-refractivity contribution in [2.75, 3.05) is 0 Å². The monoisotopic (exact) mass is 767 g/mol. The summed E-state index contributed by atoms with van der Waals surface area (Å²) in [5.41, 5.74) is 7.58. The molecule has 0 bridgehead atoms. The Morgan fingerprint density at radius 3 is 1.75 bits per heavy atom. The van der Waals surface area contributed by atoms with Crippen LogP contribution < -0.4 is 0 Å². The highest BCUT2D eigenvalue weighted by Gasteiger charge is 2.21. The molecule has 0 unspecified atom stereocenters. The molecule has 4 aromatic heterocycles. The summed E-state index contributed by atoms with van der Waals surface area (Å²) < 4.78 is 32.6. The molecule has 10 aromatic rings. The fourth-order valence-electron chi connectivity index (χ4n) is 7.77. The molecule has 6 aromatic carbocycles. The van der Waals surface area contributed by atoms with Crippen LogP contribution >= 0.6 is 0 Å². The lowest BCUT2D eigenvalue weighted by Gasteiger charge is -2.15. The van der Waals surface area contributed by atoms with E-state index in [1.165, 1.54) is 12.1 Å². The number of hydrogen-bond acceptors (Lipinski definition) is 7. The van der Waals surface area contributed by atoms with E-state index in [4.69, 9.17) is 15.0 Å². The first-order chi connectivity index (χ1) is 29.0. The van der Waals surface area contributed by atoms with Crippen LogP contribution in [0.1, 0.15) is 12.5 Å². The van der Waals surface area contributed by atoms with Gasteiger partial charge in [0.2, 0.25) is 0 Å². The van der Waals surface area contributed by atoms with Gasteiger partial charge in [-0.2, -0.15) is 0 Å². The predicted octanol–water partition coefficient (Wildman–Crippen LogP) is 12.6. The molecule has 0 radical (unpaired) electrons. The van der Waals surface area contributed by atoms with Crippen LogP contribution in [0.2, 0.25) is 0 Å². The first-order valence-electron chi connectivity index (χ1n) is 19.0. The van der Waals surface area contributed by atoms with Crippen molar-refractivity contribution in [3.8, 4) is 56.4 Å². The molecule has 0 saturated heterocycles. The molecular formula is C50H31F2N7. The Morgan fingerprint density at radius 2 is 1.05 bits per heavy atom. The van der Waals surface area contributed by atoms with Gasteiger partial charge in [0.1, 0.15) is 11.6 Å². The number of fused-ring (bicyclic) bond motifs is 5. The molecule has 10 rings (SSSR count). The van der Waals surface area contributed by atoms with E-state index in [1.807, 2.05) is 110 Å². The highest BCUT2D eigenvalue weighted by Crippen LogP contribution is 2.40. The van der Waals surface area contributed by atoms with Crippen molar-refractivity contribution in [3.63, 3.8) is 0 Å². The van der Waals surface area contributed by atoms with Gasteiger partial charge in [-0.05, 0) is 107 Å². The number of halogens is 2. The molecule has 0 atom stereocenters. The van der Waals surface area contributed by atoms with Crippen LogP contribution in [0.25, 0.3) is 106 Å². The van der Waals surface area contributed by atoms with E-state index in [2.05, 4.69) is 26.7 Å². The van der Waals surface area contributed by atoms with Gasteiger partial charge in [0.25, 0.3) is 0 Å². The van der Waals surface area contributed by atoms with E-state index in [0.717, 1.165) is 60.2 Å². The minimum atomic E-state index is -0.551. The first kappa shape index (κ1) is 35.5. The maximum Gasteiger partial charge on any atom is 0.167 e. The number of aromatic nitrogens is 6. The van der Waals surface area contributed by atoms with E-state index in [9.17, 15) is 0 Å². The number of aliphatic imine (C=N–C) groups is 1. The summed E-state index contributed by atoms with van der Waals surface area (Å²) in [4.78, 5) is 32.8. The molecule has 0 aliphatic carbocycles. The Balaban J connectivity index is 1.19. The lowest BCUT2D eigenvalue weighted by Crippen LogP contribution is -2.03. The number of allylic oxidation sites excluding steroid dienone is 1. The first-order valence-corrected chi connectivity index (χ1v) is 19.0. The van der Waals surface area contributed by atoms with Gasteiger partial charge in [-0.15, -0.1) is 0 Å². The second kappa shape index (κ2) is 14.5. The molecule has 280 valence electrons. The average molecular weight is 768 g/mol. The minimum Gasteiger partial charge on any atom is -0.262 e. The molecule has 4 heterocycles. The standard InChI is InChI=1S/C50H31F2N7/c1-3-9-36-38(27-33-12-6-21-54-44(33)46(36)53-2)31-17-19-42(51)40(25-31)49-57-48(35-16-15-29-10-4-5-11-30(29)24-35)58-50(59-49)41-26-32(18-20-43(41)52)39-28-34-13-7-22-55-45(34)47-37(39)14-8-23-56-47/h3-28H,2H2,1H3/b9-3-. The number of nitrogens with zero attached hydrogens (tertiary/aromatic N) is 7. The summed E-state index contributed by atoms with van der Waals surface area (Å²) in [5, 5.41) is 4.61. The van der Waals surface area contributed by atoms with Gasteiger partial charge in [-0.1, -0.05) is 78.9 Å². The lowest BCUT2D eigenvalue weighted by molar-refractivity contribution is 0.628. The van der Waals surface area contributed by atoms with Crippen LogP contribution in [0.3, 0.4) is 0 Å². The van der Waals surface area contributed by atoms with E-state index >= 15 is 8.78 Å². The van der Waals surface area contributed by atoms with Crippen LogP contribution in [0.5, 0.6) is 0 Å². The highest BCUT2D eigenvalue weighted by atomic mass is 19.1. The fraction of sp³-hybridized carbons (Fsp3) is 0.0200. The third-order valence-electron chi connectivity index (χ3n) is 10.5. The SMILES string of the molecule is C=Nc1c(/C=C\C)c(-c2ccc(F)c(-c3nc(-c4ccc5ccccc5c4)nc(-c4cc(-c5cc6cccnc6c6ncccc56)ccc4F)n3)c2)cc2cccnc12. The molecule has 59 heavy (non-hydrogen) atoms. The average Bonchev–Trinajstić information content (AvgIpc) is 3.28. The van der Waals surface area contributed by atoms with Crippen LogP contribution in [-0.4, -0.2) is 36.6 Å². The minimum absolute atomic E-state index is 0.0471. The van der Waals surface area contributed by atoms with Gasteiger partial charge in [0.15, 0.2) is 17.5 Å². The largest absolute Gasteiger partial charge is 0.262 e. The molecule has 7 nitrogen and oxygen atoms in total. The molecule has 0 N–H and O–H groups in total. The Kier molecular flexibility index (Phi) is 8.75. The van der Waals surface area contributed by atoms with E-state index < -0.39 is 11.6 Å². The van der Waals surface area contributed by atoms with Crippen molar-refractivity contribution in [2.24, 2.45) is 4.99 Å². The summed E-state index contributed by atoms with van der Waals surface area (Å²) in [6.45, 7) is 5.76. The highest BCUT2D eigenvalue weighted by molar-refractivity contribution is 6.10. The molecule has 0 aliphatic heterocycles. The van der Waals surface area contributed by atoms with E-state index in [1.54, 1.807) is 42.9 Å². The molecule has 0 fully saturated rings. The third kappa shape index (κ3) is 6.25. The van der Waals surface area contributed by atoms with Crippen LogP contribution in [0.15, 0.2) is 157 Å². The summed E-state index contributed by atoms with van der Waals surface area (Å²) in [6, 6.07) is 39.0. The molecule has 0 amide bonds. The summed E-state index contributed by atoms with van der Waals surface area (Å²) >= 11 is 0. The van der Waals surface area contributed by atoms with Crippen molar-refractivity contribution in [1.82, 2.24) is 29.9 Å². The van der Waals surface area contributed by atoms with Crippen LogP contribution in [-0.2, 0) is 0 Å². The lowest BCUT2D eigenvalue weighted by atomic mass is 9.93. The number of hydrogen-bond donors (Lipinski definition) is 0. The zero-order valence-corrected chi connectivity index (χ0v) is 31.6. The Hall–Kier alpha value is -7.91. The maximum absolute atomic E-state index is 16.3. The second-order valence-corrected chi connectivity index (χ2v) is 14.1. The van der Waals surface area contributed by atoms with Gasteiger partial charge >= 0.3 is 0 Å². The predicted molar refractivity (Wildman–Crippen MR) is 234 cm³/mol. The van der Waals surface area contributed by atoms with Gasteiger partial charge < -0.3 is 0 Å². The zero-order chi connectivity index (χ0) is 40.0. The van der Waals surface area contributed by atoms with Crippen molar-refractivity contribution in [1.29, 1.82) is 0 Å². The fourth-order valence-corrected chi connectivity index (χ4v) is 7.77. The smallest absolute Gasteiger partial charge is 0.167 e. The Morgan fingerprint density at radius 1 is 0.492 bits per heavy atom. The van der Waals surface area contributed by atoms with Gasteiger partial charge in [-0.3, -0.25) is 19.9 Å². The summed E-state index contributed by atoms with van der Waals surface area (Å²) in [7, 11) is 0. The Bertz CT molecular complexity index is 3360. The van der Waals surface area contributed by atoms with Gasteiger partial charge in [-0.25, -0.2) is 23.7 Å². The molecule has 0 aliphatic rings. The molecule has 0 spiro atoms. The number of benzene rings is 6. The van der Waals surface area contributed by atoms with Crippen molar-refractivity contribution in [3.05, 3.63) is 169 Å². The van der Waals surface area contributed by atoms with Crippen LogP contribution in [0, 0.1) is 11.6 Å². The number of pyridine rings is 3. The topological polar surface area (TPSA) is 89.7 Å². The quantitative estimate of drug-likeness (QED) is 0.118. The zero-order valence-electron chi connectivity index (χ0n) is 31.6.